The molecular weight excluding hydrogens is 426 g/mol. The summed E-state index contributed by atoms with van der Waals surface area (Å²) < 4.78 is 24.3. The first-order chi connectivity index (χ1) is 15.3. The number of carbonyl (C=O) groups excluding carboxylic acids is 1. The largest absolute Gasteiger partial charge is 0.329 e. The fraction of sp³-hybridized carbons (Fsp3) is 0.304. The molecule has 0 radical (unpaired) electrons. The molecule has 0 atom stereocenters. The Labute approximate surface area is 188 Å². The molecule has 0 bridgehead atoms. The van der Waals surface area contributed by atoms with Gasteiger partial charge in [0, 0.05) is 44.5 Å². The van der Waals surface area contributed by atoms with Crippen LogP contribution in [0.1, 0.15) is 18.4 Å². The van der Waals surface area contributed by atoms with Gasteiger partial charge in [0.05, 0.1) is 10.6 Å². The van der Waals surface area contributed by atoms with Gasteiger partial charge in [-0.25, -0.2) is 23.3 Å². The second-order valence-corrected chi connectivity index (χ2v) is 9.68. The highest BCUT2D eigenvalue weighted by Gasteiger charge is 2.26. The van der Waals surface area contributed by atoms with Crippen molar-refractivity contribution in [3.05, 3.63) is 72.7 Å². The lowest BCUT2D eigenvalue weighted by Gasteiger charge is -2.36. The summed E-state index contributed by atoms with van der Waals surface area (Å²) in [5, 5.41) is 5.14. The number of hydrogen-bond acceptors (Lipinski definition) is 5. The van der Waals surface area contributed by atoms with Gasteiger partial charge in [-0.1, -0.05) is 42.5 Å². The second-order valence-electron chi connectivity index (χ2n) is 8.12. The molecule has 0 saturated carbocycles. The van der Waals surface area contributed by atoms with Crippen molar-refractivity contribution in [3.8, 4) is 11.3 Å². The number of benzene rings is 2. The fourth-order valence-electron chi connectivity index (χ4n) is 4.04. The molecule has 1 aliphatic rings. The summed E-state index contributed by atoms with van der Waals surface area (Å²) in [7, 11) is -1.91. The molecule has 32 heavy (non-hydrogen) atoms. The number of primary sulfonamides is 1. The molecule has 1 aromatic heterocycles. The maximum atomic E-state index is 13.0. The van der Waals surface area contributed by atoms with Crippen molar-refractivity contribution < 1.29 is 13.2 Å². The second kappa shape index (κ2) is 9.23. The van der Waals surface area contributed by atoms with E-state index >= 15 is 0 Å². The molecule has 8 nitrogen and oxygen atoms in total. The number of sulfonamides is 1. The van der Waals surface area contributed by atoms with E-state index in [1.54, 1.807) is 23.2 Å². The number of rotatable bonds is 5. The Balaban J connectivity index is 1.36. The van der Waals surface area contributed by atoms with Crippen LogP contribution < -0.4 is 5.14 Å². The van der Waals surface area contributed by atoms with Gasteiger partial charge in [0.1, 0.15) is 6.33 Å². The number of nitrogens with zero attached hydrogens (tertiary/aromatic N) is 4. The summed E-state index contributed by atoms with van der Waals surface area (Å²) in [5.41, 5.74) is 2.60. The van der Waals surface area contributed by atoms with E-state index < -0.39 is 10.0 Å². The average molecular weight is 454 g/mol. The Morgan fingerprint density at radius 1 is 1.09 bits per heavy atom. The monoisotopic (exact) mass is 453 g/mol. The molecule has 2 N–H and O–H groups in total. The summed E-state index contributed by atoms with van der Waals surface area (Å²) in [5.74, 6) is 0. The molecule has 2 aromatic carbocycles. The lowest BCUT2D eigenvalue weighted by molar-refractivity contribution is 0.132. The quantitative estimate of drug-likeness (QED) is 0.640. The minimum atomic E-state index is -3.75. The Bertz CT molecular complexity index is 1170. The van der Waals surface area contributed by atoms with Crippen LogP contribution in [0.4, 0.5) is 4.79 Å². The van der Waals surface area contributed by atoms with Crippen molar-refractivity contribution in [1.29, 1.82) is 0 Å². The predicted octanol–water partition coefficient (Wildman–Crippen LogP) is 2.76. The lowest BCUT2D eigenvalue weighted by atomic mass is 10.0. The van der Waals surface area contributed by atoms with E-state index in [0.29, 0.717) is 11.3 Å². The average Bonchev–Trinajstić information content (AvgIpc) is 3.29. The third-order valence-electron chi connectivity index (χ3n) is 5.94. The van der Waals surface area contributed by atoms with Gasteiger partial charge in [0.2, 0.25) is 10.0 Å². The first-order valence-corrected chi connectivity index (χ1v) is 12.1. The Kier molecular flexibility index (Phi) is 6.40. The van der Waals surface area contributed by atoms with Crippen LogP contribution in [0.2, 0.25) is 0 Å². The predicted molar refractivity (Wildman–Crippen MR) is 122 cm³/mol. The Morgan fingerprint density at radius 3 is 2.38 bits per heavy atom. The molecule has 0 aliphatic carbocycles. The van der Waals surface area contributed by atoms with E-state index in [2.05, 4.69) is 34.1 Å². The molecule has 1 fully saturated rings. The van der Waals surface area contributed by atoms with Crippen LogP contribution in [0.3, 0.4) is 0 Å². The molecule has 1 amide bonds. The zero-order chi connectivity index (χ0) is 22.7. The lowest BCUT2D eigenvalue weighted by Crippen LogP contribution is -2.46. The maximum Gasteiger partial charge on any atom is 0.329 e. The Morgan fingerprint density at radius 2 is 1.75 bits per heavy atom. The number of carbonyl (C=O) groups is 1. The van der Waals surface area contributed by atoms with E-state index in [0.717, 1.165) is 32.5 Å². The summed E-state index contributed by atoms with van der Waals surface area (Å²) in [6.07, 6.45) is 5.00. The van der Waals surface area contributed by atoms with Crippen LogP contribution in [0, 0.1) is 0 Å². The highest BCUT2D eigenvalue weighted by Crippen LogP contribution is 2.21. The topological polar surface area (TPSA) is 102 Å². The van der Waals surface area contributed by atoms with Gasteiger partial charge in [-0.05, 0) is 30.5 Å². The molecule has 0 unspecified atom stereocenters. The first-order valence-electron chi connectivity index (χ1n) is 10.5. The van der Waals surface area contributed by atoms with E-state index in [9.17, 15) is 13.2 Å². The van der Waals surface area contributed by atoms with Crippen LogP contribution in [0.5, 0.6) is 0 Å². The highest BCUT2D eigenvalue weighted by molar-refractivity contribution is 7.89. The number of nitrogens with two attached hydrogens (primary N) is 1. The van der Waals surface area contributed by atoms with Crippen molar-refractivity contribution in [1.82, 2.24) is 19.4 Å². The van der Waals surface area contributed by atoms with E-state index in [-0.39, 0.29) is 17.0 Å². The van der Waals surface area contributed by atoms with Crippen LogP contribution in [0.15, 0.2) is 72.0 Å². The van der Waals surface area contributed by atoms with Crippen molar-refractivity contribution in [2.24, 2.45) is 5.14 Å². The number of hydrogen-bond donors (Lipinski definition) is 1. The van der Waals surface area contributed by atoms with Gasteiger partial charge in [0.25, 0.3) is 0 Å². The molecule has 4 rings (SSSR count). The summed E-state index contributed by atoms with van der Waals surface area (Å²) >= 11 is 0. The van der Waals surface area contributed by atoms with Crippen molar-refractivity contribution in [2.45, 2.75) is 30.3 Å². The standard InChI is InChI=1S/C23H27N5O3S/c1-26(20-11-13-27(14-12-20)15-18-5-3-2-4-6-18)23(29)28-16-22(25-17-28)19-7-9-21(10-8-19)32(24,30)31/h2-10,16-17,20H,11-15H2,1H3,(H2,24,30,31). The molecule has 2 heterocycles. The number of likely N-dealkylation sites (tertiary alicyclic amines) is 1. The van der Waals surface area contributed by atoms with Crippen molar-refractivity contribution >= 4 is 16.1 Å². The third kappa shape index (κ3) is 5.07. The zero-order valence-electron chi connectivity index (χ0n) is 18.0. The smallest absolute Gasteiger partial charge is 0.324 e. The molecule has 1 saturated heterocycles. The van der Waals surface area contributed by atoms with Crippen LogP contribution >= 0.6 is 0 Å². The SMILES string of the molecule is CN(C(=O)n1cnc(-c2ccc(S(N)(=O)=O)cc2)c1)C1CCN(Cc2ccccc2)CC1. The van der Waals surface area contributed by atoms with Gasteiger partial charge in [-0.2, -0.15) is 0 Å². The van der Waals surface area contributed by atoms with Crippen LogP contribution in [0.25, 0.3) is 11.3 Å². The minimum absolute atomic E-state index is 0.0371. The number of amides is 1. The van der Waals surface area contributed by atoms with E-state index in [1.165, 1.54) is 28.6 Å². The van der Waals surface area contributed by atoms with Crippen molar-refractivity contribution in [2.75, 3.05) is 20.1 Å². The Hall–Kier alpha value is -3.01. The van der Waals surface area contributed by atoms with E-state index in [4.69, 9.17) is 5.14 Å². The maximum absolute atomic E-state index is 13.0. The number of piperidine rings is 1. The molecule has 1 aliphatic heterocycles. The summed E-state index contributed by atoms with van der Waals surface area (Å²) in [6, 6.07) is 16.6. The summed E-state index contributed by atoms with van der Waals surface area (Å²) in [4.78, 5) is 21.5. The summed E-state index contributed by atoms with van der Waals surface area (Å²) in [6.45, 7) is 2.83. The van der Waals surface area contributed by atoms with Crippen molar-refractivity contribution in [3.63, 3.8) is 0 Å². The van der Waals surface area contributed by atoms with Crippen LogP contribution in [-0.2, 0) is 16.6 Å². The highest BCUT2D eigenvalue weighted by atomic mass is 32.2. The normalized spacial score (nSPS) is 15.6. The molecular formula is C23H27N5O3S. The molecule has 3 aromatic rings. The third-order valence-corrected chi connectivity index (χ3v) is 6.87. The minimum Gasteiger partial charge on any atom is -0.324 e. The van der Waals surface area contributed by atoms with Gasteiger partial charge in [-0.15, -0.1) is 0 Å². The molecule has 168 valence electrons. The van der Waals surface area contributed by atoms with Gasteiger partial charge < -0.3 is 4.90 Å². The van der Waals surface area contributed by atoms with Gasteiger partial charge >= 0.3 is 6.03 Å². The number of aromatic nitrogens is 2. The number of imidazole rings is 1. The van der Waals surface area contributed by atoms with Gasteiger partial charge in [-0.3, -0.25) is 9.47 Å². The van der Waals surface area contributed by atoms with Gasteiger partial charge in [0.15, 0.2) is 0 Å². The first kappa shape index (κ1) is 22.2. The molecule has 0 spiro atoms. The fourth-order valence-corrected chi connectivity index (χ4v) is 4.55. The van der Waals surface area contributed by atoms with E-state index in [1.807, 2.05) is 13.1 Å². The van der Waals surface area contributed by atoms with Crippen LogP contribution in [-0.4, -0.2) is 60.0 Å². The zero-order valence-corrected chi connectivity index (χ0v) is 18.8. The molecule has 9 heteroatoms.